The Balaban J connectivity index is 1.92. The molecule has 2 rings (SSSR count). The minimum absolute atomic E-state index is 0.0728. The molecular formula is C14H16N2O3S. The lowest BCUT2D eigenvalue weighted by Gasteiger charge is -2.22. The number of carbonyl (C=O) groups is 1. The summed E-state index contributed by atoms with van der Waals surface area (Å²) in [5, 5.41) is 0. The summed E-state index contributed by atoms with van der Waals surface area (Å²) in [5.74, 6) is -0.0728. The highest BCUT2D eigenvalue weighted by Gasteiger charge is 2.17. The summed E-state index contributed by atoms with van der Waals surface area (Å²) in [7, 11) is -3.52. The number of sulfonamides is 1. The molecule has 106 valence electrons. The zero-order valence-electron chi connectivity index (χ0n) is 11.0. The van der Waals surface area contributed by atoms with Gasteiger partial charge in [0.15, 0.2) is 0 Å². The van der Waals surface area contributed by atoms with E-state index in [9.17, 15) is 13.2 Å². The topological polar surface area (TPSA) is 66.5 Å². The van der Waals surface area contributed by atoms with Crippen molar-refractivity contribution in [3.63, 3.8) is 0 Å². The minimum atomic E-state index is -3.52. The van der Waals surface area contributed by atoms with Crippen molar-refractivity contribution in [3.8, 4) is 0 Å². The van der Waals surface area contributed by atoms with Gasteiger partial charge in [0, 0.05) is 19.3 Å². The molecule has 6 heteroatoms. The van der Waals surface area contributed by atoms with Crippen LogP contribution in [-0.4, -0.2) is 32.3 Å². The van der Waals surface area contributed by atoms with E-state index in [1.54, 1.807) is 30.5 Å². The molecule has 0 radical (unpaired) electrons. The molecule has 0 atom stereocenters. The van der Waals surface area contributed by atoms with Gasteiger partial charge in [-0.1, -0.05) is 24.8 Å². The van der Waals surface area contributed by atoms with E-state index in [-0.39, 0.29) is 23.8 Å². The van der Waals surface area contributed by atoms with Gasteiger partial charge in [0.1, 0.15) is 0 Å². The monoisotopic (exact) mass is 292 g/mol. The van der Waals surface area contributed by atoms with Gasteiger partial charge in [-0.2, -0.15) is 0 Å². The first kappa shape index (κ1) is 14.5. The van der Waals surface area contributed by atoms with Crippen LogP contribution < -0.4 is 4.72 Å². The van der Waals surface area contributed by atoms with Crippen LogP contribution in [0.1, 0.15) is 6.42 Å². The van der Waals surface area contributed by atoms with E-state index in [2.05, 4.69) is 11.3 Å². The zero-order valence-corrected chi connectivity index (χ0v) is 11.8. The quantitative estimate of drug-likeness (QED) is 0.888. The number of carbonyl (C=O) groups excluding carboxylic acids is 1. The van der Waals surface area contributed by atoms with E-state index in [1.807, 2.05) is 0 Å². The number of rotatable bonds is 5. The number of nitrogens with zero attached hydrogens (tertiary/aromatic N) is 1. The molecule has 0 spiro atoms. The largest absolute Gasteiger partial charge is 0.317 e. The molecule has 0 aromatic heterocycles. The molecule has 0 unspecified atom stereocenters. The fourth-order valence-corrected chi connectivity index (χ4v) is 2.86. The van der Waals surface area contributed by atoms with Crippen LogP contribution in [-0.2, 0) is 14.8 Å². The van der Waals surface area contributed by atoms with Gasteiger partial charge in [-0.15, -0.1) is 0 Å². The summed E-state index contributed by atoms with van der Waals surface area (Å²) in [5.41, 5.74) is 0.760. The van der Waals surface area contributed by atoms with Gasteiger partial charge in [0.05, 0.1) is 11.3 Å². The molecule has 20 heavy (non-hydrogen) atoms. The molecule has 1 amide bonds. The number of hydrogen-bond donors (Lipinski definition) is 1. The maximum Gasteiger partial charge on any atom is 0.240 e. The standard InChI is InChI=1S/C14H16N2O3S/c1-12-7-9-16(14(17)11-12)10-8-15-20(18,19)13-5-3-2-4-6-13/h2-7,9,15H,1,8,10-11H2. The van der Waals surface area contributed by atoms with E-state index >= 15 is 0 Å². The molecule has 0 saturated heterocycles. The summed E-state index contributed by atoms with van der Waals surface area (Å²) in [6.07, 6.45) is 3.67. The Kier molecular flexibility index (Phi) is 4.36. The van der Waals surface area contributed by atoms with Gasteiger partial charge in [0.2, 0.25) is 15.9 Å². The Morgan fingerprint density at radius 1 is 1.25 bits per heavy atom. The summed E-state index contributed by atoms with van der Waals surface area (Å²) in [6, 6.07) is 8.13. The number of nitrogens with one attached hydrogen (secondary N) is 1. The van der Waals surface area contributed by atoms with Gasteiger partial charge in [0.25, 0.3) is 0 Å². The fraction of sp³-hybridized carbons (Fsp3) is 0.214. The SMILES string of the molecule is C=C1C=CN(CCNS(=O)(=O)c2ccccc2)C(=O)C1. The van der Waals surface area contributed by atoms with Crippen LogP contribution in [0, 0.1) is 0 Å². The molecule has 0 bridgehead atoms. The van der Waals surface area contributed by atoms with E-state index in [0.29, 0.717) is 6.54 Å². The van der Waals surface area contributed by atoms with E-state index in [1.165, 1.54) is 17.0 Å². The number of allylic oxidation sites excluding steroid dienone is 1. The molecule has 1 aromatic carbocycles. The highest BCUT2D eigenvalue weighted by atomic mass is 32.2. The maximum atomic E-state index is 12.0. The summed E-state index contributed by atoms with van der Waals surface area (Å²) in [6.45, 7) is 4.18. The average molecular weight is 292 g/mol. The van der Waals surface area contributed by atoms with Gasteiger partial charge in [-0.3, -0.25) is 4.79 Å². The molecule has 1 aromatic rings. The molecule has 1 aliphatic rings. The van der Waals surface area contributed by atoms with Crippen LogP contribution in [0.25, 0.3) is 0 Å². The first-order chi connectivity index (χ1) is 9.49. The van der Waals surface area contributed by atoms with Crippen molar-refractivity contribution >= 4 is 15.9 Å². The van der Waals surface area contributed by atoms with Crippen molar-refractivity contribution in [2.75, 3.05) is 13.1 Å². The van der Waals surface area contributed by atoms with Gasteiger partial charge < -0.3 is 4.90 Å². The first-order valence-corrected chi connectivity index (χ1v) is 7.67. The predicted octanol–water partition coefficient (Wildman–Crippen LogP) is 1.27. The van der Waals surface area contributed by atoms with Crippen molar-refractivity contribution in [2.24, 2.45) is 0 Å². The molecule has 0 aliphatic carbocycles. The van der Waals surface area contributed by atoms with Gasteiger partial charge in [-0.25, -0.2) is 13.1 Å². The van der Waals surface area contributed by atoms with Crippen molar-refractivity contribution in [1.82, 2.24) is 9.62 Å². The molecular weight excluding hydrogens is 276 g/mol. The first-order valence-electron chi connectivity index (χ1n) is 6.19. The third-order valence-electron chi connectivity index (χ3n) is 2.89. The van der Waals surface area contributed by atoms with Crippen LogP contribution in [0.4, 0.5) is 0 Å². The van der Waals surface area contributed by atoms with E-state index in [0.717, 1.165) is 5.57 Å². The van der Waals surface area contributed by atoms with Crippen molar-refractivity contribution in [3.05, 3.63) is 54.8 Å². The highest BCUT2D eigenvalue weighted by Crippen LogP contribution is 2.12. The molecule has 1 heterocycles. The second-order valence-corrected chi connectivity index (χ2v) is 6.22. The molecule has 0 fully saturated rings. The molecule has 0 saturated carbocycles. The normalized spacial score (nSPS) is 15.7. The Labute approximate surface area is 118 Å². The lowest BCUT2D eigenvalue weighted by Crippen LogP contribution is -2.36. The average Bonchev–Trinajstić information content (AvgIpc) is 2.42. The second-order valence-electron chi connectivity index (χ2n) is 4.45. The van der Waals surface area contributed by atoms with Gasteiger partial charge >= 0.3 is 0 Å². The summed E-state index contributed by atoms with van der Waals surface area (Å²) >= 11 is 0. The van der Waals surface area contributed by atoms with Crippen LogP contribution in [0.5, 0.6) is 0 Å². The van der Waals surface area contributed by atoms with Crippen LogP contribution in [0.2, 0.25) is 0 Å². The van der Waals surface area contributed by atoms with Crippen LogP contribution >= 0.6 is 0 Å². The van der Waals surface area contributed by atoms with Crippen LogP contribution in [0.3, 0.4) is 0 Å². The van der Waals surface area contributed by atoms with Crippen LogP contribution in [0.15, 0.2) is 59.7 Å². The van der Waals surface area contributed by atoms with Crippen molar-refractivity contribution < 1.29 is 13.2 Å². The third-order valence-corrected chi connectivity index (χ3v) is 4.36. The second kappa shape index (κ2) is 6.02. The van der Waals surface area contributed by atoms with Crippen molar-refractivity contribution in [2.45, 2.75) is 11.3 Å². The summed E-state index contributed by atoms with van der Waals surface area (Å²) in [4.78, 5) is 13.4. The smallest absolute Gasteiger partial charge is 0.240 e. The predicted molar refractivity (Wildman–Crippen MR) is 76.2 cm³/mol. The molecule has 5 nitrogen and oxygen atoms in total. The van der Waals surface area contributed by atoms with E-state index in [4.69, 9.17) is 0 Å². The Morgan fingerprint density at radius 2 is 1.95 bits per heavy atom. The lowest BCUT2D eigenvalue weighted by atomic mass is 10.1. The Hall–Kier alpha value is -1.92. The highest BCUT2D eigenvalue weighted by molar-refractivity contribution is 7.89. The fourth-order valence-electron chi connectivity index (χ4n) is 1.82. The minimum Gasteiger partial charge on any atom is -0.317 e. The molecule has 1 aliphatic heterocycles. The third kappa shape index (κ3) is 3.55. The zero-order chi connectivity index (χ0) is 14.6. The summed E-state index contributed by atoms with van der Waals surface area (Å²) < 4.78 is 26.4. The number of hydrogen-bond acceptors (Lipinski definition) is 3. The number of amides is 1. The Morgan fingerprint density at radius 3 is 2.60 bits per heavy atom. The maximum absolute atomic E-state index is 12.0. The van der Waals surface area contributed by atoms with Crippen molar-refractivity contribution in [1.29, 1.82) is 0 Å². The van der Waals surface area contributed by atoms with E-state index < -0.39 is 10.0 Å². The number of benzene rings is 1. The molecule has 1 N–H and O–H groups in total. The van der Waals surface area contributed by atoms with Gasteiger partial charge in [-0.05, 0) is 23.8 Å². The Bertz CT molecular complexity index is 636. The lowest BCUT2D eigenvalue weighted by molar-refractivity contribution is -0.128.